The molecule has 1 aromatic carbocycles. The van der Waals surface area contributed by atoms with E-state index in [1.165, 1.54) is 0 Å². The van der Waals surface area contributed by atoms with Crippen molar-refractivity contribution in [3.8, 4) is 0 Å². The van der Waals surface area contributed by atoms with Crippen molar-refractivity contribution >= 4 is 42.8 Å². The molecule has 1 fully saturated rings. The van der Waals surface area contributed by atoms with Gasteiger partial charge in [-0.25, -0.2) is 4.68 Å². The van der Waals surface area contributed by atoms with Crippen LogP contribution in [0.15, 0.2) is 30.5 Å². The fraction of sp³-hybridized carbons (Fsp3) is 0.500. The number of hydrogen-bond acceptors (Lipinski definition) is 9. The molecule has 4 rings (SSSR count). The summed E-state index contributed by atoms with van der Waals surface area (Å²) in [6.07, 6.45) is 2.78. The van der Waals surface area contributed by atoms with Crippen molar-refractivity contribution in [2.24, 2.45) is 5.92 Å². The van der Waals surface area contributed by atoms with Crippen LogP contribution < -0.4 is 10.6 Å². The number of hydrogen-bond donors (Lipinski definition) is 4. The Labute approximate surface area is 204 Å². The van der Waals surface area contributed by atoms with Crippen molar-refractivity contribution in [1.82, 2.24) is 19.7 Å². The summed E-state index contributed by atoms with van der Waals surface area (Å²) >= 11 is 6.13. The molecule has 0 saturated carbocycles. The van der Waals surface area contributed by atoms with E-state index in [2.05, 4.69) is 29.6 Å². The molecule has 4 N–H and O–H groups in total. The maximum Gasteiger partial charge on any atom is 0.226 e. The summed E-state index contributed by atoms with van der Waals surface area (Å²) in [5, 5.41) is 12.8. The van der Waals surface area contributed by atoms with Crippen molar-refractivity contribution in [3.05, 3.63) is 41.0 Å². The summed E-state index contributed by atoms with van der Waals surface area (Å²) in [5.41, 5.74) is 1.72. The van der Waals surface area contributed by atoms with Gasteiger partial charge >= 0.3 is 0 Å². The minimum Gasteiger partial charge on any atom is -0.369 e. The summed E-state index contributed by atoms with van der Waals surface area (Å²) < 4.78 is 13.2. The topological polar surface area (TPSA) is 127 Å². The van der Waals surface area contributed by atoms with E-state index in [0.29, 0.717) is 41.5 Å². The maximum atomic E-state index is 9.01. The van der Waals surface area contributed by atoms with Crippen LogP contribution in [0.4, 0.5) is 11.8 Å². The first-order valence-corrected chi connectivity index (χ1v) is 13.1. The Morgan fingerprint density at radius 3 is 2.88 bits per heavy atom. The third kappa shape index (κ3) is 6.53. The number of nitrogens with zero attached hydrogens (tertiary/aromatic N) is 4. The highest BCUT2D eigenvalue weighted by Gasteiger charge is 2.29. The first-order chi connectivity index (χ1) is 16.4. The van der Waals surface area contributed by atoms with E-state index in [4.69, 9.17) is 40.8 Å². The van der Waals surface area contributed by atoms with E-state index >= 15 is 0 Å². The van der Waals surface area contributed by atoms with Crippen LogP contribution in [0.5, 0.6) is 0 Å². The number of nitrogens with one attached hydrogen (secondary N) is 2. The number of fused-ring (bicyclic) bond motifs is 1. The molecule has 184 valence electrons. The molecule has 10 nitrogen and oxygen atoms in total. The summed E-state index contributed by atoms with van der Waals surface area (Å²) in [6.45, 7) is 5.85. The average Bonchev–Trinajstić information content (AvgIpc) is 3.43. The predicted molar refractivity (Wildman–Crippen MR) is 133 cm³/mol. The second-order valence-corrected chi connectivity index (χ2v) is 10.1. The Balaban J connectivity index is 1.55. The third-order valence-electron chi connectivity index (χ3n) is 5.34. The number of rotatable bonds is 11. The fourth-order valence-electron chi connectivity index (χ4n) is 3.73. The Hall–Kier alpha value is -2.07. The van der Waals surface area contributed by atoms with Gasteiger partial charge < -0.3 is 29.9 Å². The molecule has 3 heterocycles. The summed E-state index contributed by atoms with van der Waals surface area (Å²) in [4.78, 5) is 27.5. The number of anilines is 2. The van der Waals surface area contributed by atoms with Crippen LogP contribution in [-0.4, -0.2) is 55.1 Å². The molecule has 3 aromatic rings. The van der Waals surface area contributed by atoms with E-state index in [9.17, 15) is 0 Å². The monoisotopic (exact) mass is 508 g/mol. The van der Waals surface area contributed by atoms with Gasteiger partial charge in [0, 0.05) is 18.1 Å². The molecule has 0 amide bonds. The zero-order valence-corrected chi connectivity index (χ0v) is 20.8. The molecule has 0 spiro atoms. The smallest absolute Gasteiger partial charge is 0.226 e. The lowest BCUT2D eigenvalue weighted by atomic mass is 10.2. The second kappa shape index (κ2) is 11.6. The largest absolute Gasteiger partial charge is 0.369 e. The quantitative estimate of drug-likeness (QED) is 0.283. The van der Waals surface area contributed by atoms with Gasteiger partial charge in [0.2, 0.25) is 5.95 Å². The first kappa shape index (κ1) is 25.0. The zero-order valence-electron chi connectivity index (χ0n) is 19.2. The van der Waals surface area contributed by atoms with Crippen molar-refractivity contribution in [3.63, 3.8) is 0 Å². The van der Waals surface area contributed by atoms with Crippen LogP contribution in [0.3, 0.4) is 0 Å². The highest BCUT2D eigenvalue weighted by atomic mass is 35.5. The summed E-state index contributed by atoms with van der Waals surface area (Å²) in [6, 6.07) is 7.69. The highest BCUT2D eigenvalue weighted by Crippen LogP contribution is 2.33. The first-order valence-electron chi connectivity index (χ1n) is 11.2. The maximum absolute atomic E-state index is 9.01. The molecule has 1 aliphatic rings. The normalized spacial score (nSPS) is 18.3. The second-order valence-electron chi connectivity index (χ2n) is 8.64. The van der Waals surface area contributed by atoms with Gasteiger partial charge in [-0.1, -0.05) is 37.6 Å². The third-order valence-corrected chi connectivity index (χ3v) is 5.99. The fourth-order valence-corrected chi connectivity index (χ4v) is 4.22. The molecule has 0 aliphatic carbocycles. The SMILES string of the molecule is CC(C)CNc1nc(NCc2cccc(Cl)c2)c2cnn(C3CCC(COCP(O)O)O3)c2n1. The van der Waals surface area contributed by atoms with E-state index in [1.807, 2.05) is 24.3 Å². The molecular weight excluding hydrogens is 479 g/mol. The summed E-state index contributed by atoms with van der Waals surface area (Å²) in [7, 11) is -2.06. The number of benzene rings is 1. The molecule has 2 aromatic heterocycles. The minimum absolute atomic E-state index is 0.0790. The molecule has 1 saturated heterocycles. The Bertz CT molecular complexity index is 1100. The molecular formula is C22H30ClN6O4P. The van der Waals surface area contributed by atoms with E-state index in [0.717, 1.165) is 30.3 Å². The molecule has 34 heavy (non-hydrogen) atoms. The molecule has 12 heteroatoms. The van der Waals surface area contributed by atoms with Gasteiger partial charge in [-0.05, 0) is 36.5 Å². The van der Waals surface area contributed by atoms with Crippen LogP contribution >= 0.6 is 20.0 Å². The van der Waals surface area contributed by atoms with Crippen molar-refractivity contribution < 1.29 is 19.3 Å². The van der Waals surface area contributed by atoms with Crippen molar-refractivity contribution in [2.75, 3.05) is 30.1 Å². The van der Waals surface area contributed by atoms with Crippen LogP contribution in [0.1, 0.15) is 38.5 Å². The summed E-state index contributed by atoms with van der Waals surface area (Å²) in [5.74, 6) is 1.64. The van der Waals surface area contributed by atoms with Crippen LogP contribution in [0.25, 0.3) is 11.0 Å². The van der Waals surface area contributed by atoms with Gasteiger partial charge in [0.25, 0.3) is 0 Å². The van der Waals surface area contributed by atoms with Gasteiger partial charge in [-0.3, -0.25) is 0 Å². The van der Waals surface area contributed by atoms with Crippen LogP contribution in [0.2, 0.25) is 5.02 Å². The van der Waals surface area contributed by atoms with Gasteiger partial charge in [-0.2, -0.15) is 15.1 Å². The predicted octanol–water partition coefficient (Wildman–Crippen LogP) is 4.11. The Kier molecular flexibility index (Phi) is 8.52. The molecule has 1 aliphatic heterocycles. The number of aromatic nitrogens is 4. The van der Waals surface area contributed by atoms with Gasteiger partial charge in [0.05, 0.1) is 24.3 Å². The lowest BCUT2D eigenvalue weighted by Crippen LogP contribution is -2.18. The van der Waals surface area contributed by atoms with Gasteiger partial charge in [0.15, 0.2) is 20.3 Å². The zero-order chi connectivity index (χ0) is 24.1. The van der Waals surface area contributed by atoms with Gasteiger partial charge in [0.1, 0.15) is 12.2 Å². The van der Waals surface area contributed by atoms with Crippen LogP contribution in [-0.2, 0) is 16.0 Å². The Morgan fingerprint density at radius 1 is 1.26 bits per heavy atom. The molecule has 2 atom stereocenters. The molecule has 0 bridgehead atoms. The molecule has 0 radical (unpaired) electrons. The van der Waals surface area contributed by atoms with E-state index < -0.39 is 8.38 Å². The Morgan fingerprint density at radius 2 is 2.12 bits per heavy atom. The lowest BCUT2D eigenvalue weighted by molar-refractivity contribution is -0.0384. The molecule has 2 unspecified atom stereocenters. The van der Waals surface area contributed by atoms with Crippen molar-refractivity contribution in [2.45, 2.75) is 45.6 Å². The minimum atomic E-state index is -2.06. The highest BCUT2D eigenvalue weighted by molar-refractivity contribution is 7.44. The van der Waals surface area contributed by atoms with Crippen LogP contribution in [0, 0.1) is 5.92 Å². The number of halogens is 1. The lowest BCUT2D eigenvalue weighted by Gasteiger charge is -2.16. The van der Waals surface area contributed by atoms with Crippen molar-refractivity contribution in [1.29, 1.82) is 0 Å². The number of ether oxygens (including phenoxy) is 2. The van der Waals surface area contributed by atoms with E-state index in [1.54, 1.807) is 10.9 Å². The standard InChI is InChI=1S/C22H30ClN6O4P/c1-14(2)9-25-22-27-20(24-10-15-4-3-5-16(23)8-15)18-11-26-29(21(18)28-22)19-7-6-17(33-19)12-32-13-34(30)31/h3-5,8,11,14,17,19,30-31H,6-7,9-10,12-13H2,1-2H3,(H2,24,25,27,28). The van der Waals surface area contributed by atoms with E-state index in [-0.39, 0.29) is 18.7 Å². The average molecular weight is 509 g/mol. The van der Waals surface area contributed by atoms with Gasteiger partial charge in [-0.15, -0.1) is 0 Å².